The van der Waals surface area contributed by atoms with Gasteiger partial charge >= 0.3 is 0 Å². The molecule has 2 unspecified atom stereocenters. The number of aldehydes is 1. The van der Waals surface area contributed by atoms with Crippen LogP contribution in [0.15, 0.2) is 11.6 Å². The van der Waals surface area contributed by atoms with E-state index in [0.29, 0.717) is 5.92 Å². The normalized spacial score (nSPS) is 15.0. The van der Waals surface area contributed by atoms with Gasteiger partial charge in [-0.1, -0.05) is 25.5 Å². The summed E-state index contributed by atoms with van der Waals surface area (Å²) in [5, 5.41) is 0. The van der Waals surface area contributed by atoms with Crippen LogP contribution in [0.25, 0.3) is 0 Å². The SMILES string of the molecule is CCC(C=O)CC(C)C=C(C)C. The highest BCUT2D eigenvalue weighted by Gasteiger charge is 2.07. The van der Waals surface area contributed by atoms with Crippen molar-refractivity contribution in [2.75, 3.05) is 0 Å². The second kappa shape index (κ2) is 5.99. The predicted octanol–water partition coefficient (Wildman–Crippen LogP) is 3.20. The van der Waals surface area contributed by atoms with Crippen molar-refractivity contribution in [2.24, 2.45) is 11.8 Å². The van der Waals surface area contributed by atoms with Gasteiger partial charge in [-0.3, -0.25) is 0 Å². The van der Waals surface area contributed by atoms with Crippen molar-refractivity contribution < 1.29 is 4.79 Å². The monoisotopic (exact) mass is 168 g/mol. The molecule has 0 fully saturated rings. The van der Waals surface area contributed by atoms with E-state index in [2.05, 4.69) is 33.8 Å². The largest absolute Gasteiger partial charge is 0.303 e. The Morgan fingerprint density at radius 2 is 2.00 bits per heavy atom. The van der Waals surface area contributed by atoms with Gasteiger partial charge in [-0.05, 0) is 32.6 Å². The number of carbonyl (C=O) groups is 1. The number of carbonyl (C=O) groups excluding carboxylic acids is 1. The Hall–Kier alpha value is -0.590. The van der Waals surface area contributed by atoms with Crippen molar-refractivity contribution in [1.82, 2.24) is 0 Å². The van der Waals surface area contributed by atoms with Crippen LogP contribution in [0.3, 0.4) is 0 Å². The number of rotatable bonds is 5. The van der Waals surface area contributed by atoms with Crippen LogP contribution in [0.4, 0.5) is 0 Å². The van der Waals surface area contributed by atoms with Gasteiger partial charge in [0.05, 0.1) is 0 Å². The summed E-state index contributed by atoms with van der Waals surface area (Å²) in [6, 6.07) is 0. The first-order chi connectivity index (χ1) is 5.60. The minimum Gasteiger partial charge on any atom is -0.303 e. The summed E-state index contributed by atoms with van der Waals surface area (Å²) >= 11 is 0. The Labute approximate surface area is 75.9 Å². The molecule has 0 saturated carbocycles. The molecule has 0 heterocycles. The van der Waals surface area contributed by atoms with Gasteiger partial charge in [-0.2, -0.15) is 0 Å². The van der Waals surface area contributed by atoms with Crippen LogP contribution in [0.2, 0.25) is 0 Å². The van der Waals surface area contributed by atoms with E-state index in [-0.39, 0.29) is 5.92 Å². The molecule has 0 aliphatic heterocycles. The Morgan fingerprint density at radius 1 is 1.42 bits per heavy atom. The maximum atomic E-state index is 10.5. The van der Waals surface area contributed by atoms with Gasteiger partial charge in [-0.15, -0.1) is 0 Å². The van der Waals surface area contributed by atoms with Crippen molar-refractivity contribution >= 4 is 6.29 Å². The molecule has 70 valence electrons. The summed E-state index contributed by atoms with van der Waals surface area (Å²) in [6.45, 7) is 8.42. The molecular formula is C11H20O. The van der Waals surface area contributed by atoms with E-state index in [1.807, 2.05) is 0 Å². The van der Waals surface area contributed by atoms with E-state index in [1.165, 1.54) is 5.57 Å². The van der Waals surface area contributed by atoms with Crippen LogP contribution in [-0.4, -0.2) is 6.29 Å². The fraction of sp³-hybridized carbons (Fsp3) is 0.727. The molecule has 0 spiro atoms. The second-order valence-corrected chi connectivity index (χ2v) is 3.76. The molecule has 0 aliphatic carbocycles. The lowest BCUT2D eigenvalue weighted by Crippen LogP contribution is -2.05. The second-order valence-electron chi connectivity index (χ2n) is 3.76. The number of hydrogen-bond acceptors (Lipinski definition) is 1. The summed E-state index contributed by atoms with van der Waals surface area (Å²) in [6.07, 6.45) is 5.26. The molecule has 0 aromatic heterocycles. The quantitative estimate of drug-likeness (QED) is 0.455. The topological polar surface area (TPSA) is 17.1 Å². The predicted molar refractivity (Wildman–Crippen MR) is 53.1 cm³/mol. The average Bonchev–Trinajstić information content (AvgIpc) is 1.98. The van der Waals surface area contributed by atoms with Crippen LogP contribution in [-0.2, 0) is 4.79 Å². The lowest BCUT2D eigenvalue weighted by atomic mass is 9.94. The van der Waals surface area contributed by atoms with Crippen molar-refractivity contribution in [3.8, 4) is 0 Å². The zero-order valence-corrected chi connectivity index (χ0v) is 8.63. The first-order valence-electron chi connectivity index (χ1n) is 4.70. The molecule has 0 aromatic carbocycles. The third kappa shape index (κ3) is 5.11. The van der Waals surface area contributed by atoms with Crippen LogP contribution in [0.1, 0.15) is 40.5 Å². The standard InChI is InChI=1S/C11H20O/c1-5-11(8-12)7-10(4)6-9(2)3/h6,8,10-11H,5,7H2,1-4H3. The molecule has 0 saturated heterocycles. The molecule has 1 nitrogen and oxygen atoms in total. The average molecular weight is 168 g/mol. The summed E-state index contributed by atoms with van der Waals surface area (Å²) in [5.74, 6) is 0.778. The van der Waals surface area contributed by atoms with Gasteiger partial charge < -0.3 is 4.79 Å². The van der Waals surface area contributed by atoms with Crippen molar-refractivity contribution in [3.63, 3.8) is 0 Å². The highest BCUT2D eigenvalue weighted by Crippen LogP contribution is 2.15. The molecule has 0 bridgehead atoms. The van der Waals surface area contributed by atoms with Crippen molar-refractivity contribution in [1.29, 1.82) is 0 Å². The zero-order valence-electron chi connectivity index (χ0n) is 8.63. The molecule has 1 heteroatoms. The molecule has 0 aromatic rings. The van der Waals surface area contributed by atoms with E-state index in [9.17, 15) is 4.79 Å². The Balaban J connectivity index is 3.89. The van der Waals surface area contributed by atoms with Crippen LogP contribution in [0.5, 0.6) is 0 Å². The van der Waals surface area contributed by atoms with E-state index in [1.54, 1.807) is 0 Å². The highest BCUT2D eigenvalue weighted by molar-refractivity contribution is 5.53. The van der Waals surface area contributed by atoms with Gasteiger partial charge in [-0.25, -0.2) is 0 Å². The molecule has 0 amide bonds. The minimum atomic E-state index is 0.246. The molecule has 0 radical (unpaired) electrons. The summed E-state index contributed by atoms with van der Waals surface area (Å²) in [4.78, 5) is 10.5. The van der Waals surface area contributed by atoms with E-state index in [4.69, 9.17) is 0 Å². The lowest BCUT2D eigenvalue weighted by Gasteiger charge is -2.11. The Morgan fingerprint density at radius 3 is 2.33 bits per heavy atom. The molecule has 0 aliphatic rings. The third-order valence-corrected chi connectivity index (χ3v) is 2.01. The van der Waals surface area contributed by atoms with E-state index >= 15 is 0 Å². The number of hydrogen-bond donors (Lipinski definition) is 0. The zero-order chi connectivity index (χ0) is 9.56. The summed E-state index contributed by atoms with van der Waals surface area (Å²) in [5.41, 5.74) is 1.34. The maximum Gasteiger partial charge on any atom is 0.123 e. The molecule has 12 heavy (non-hydrogen) atoms. The Kier molecular flexibility index (Phi) is 5.69. The molecule has 0 N–H and O–H groups in total. The van der Waals surface area contributed by atoms with E-state index in [0.717, 1.165) is 19.1 Å². The van der Waals surface area contributed by atoms with Gasteiger partial charge in [0, 0.05) is 5.92 Å². The molecule has 0 rings (SSSR count). The number of allylic oxidation sites excluding steroid dienone is 2. The van der Waals surface area contributed by atoms with Crippen molar-refractivity contribution in [3.05, 3.63) is 11.6 Å². The molecular weight excluding hydrogens is 148 g/mol. The minimum absolute atomic E-state index is 0.246. The van der Waals surface area contributed by atoms with Gasteiger partial charge in [0.1, 0.15) is 6.29 Å². The third-order valence-electron chi connectivity index (χ3n) is 2.01. The highest BCUT2D eigenvalue weighted by atomic mass is 16.1. The lowest BCUT2D eigenvalue weighted by molar-refractivity contribution is -0.111. The fourth-order valence-electron chi connectivity index (χ4n) is 1.43. The van der Waals surface area contributed by atoms with Crippen LogP contribution in [0, 0.1) is 11.8 Å². The first-order valence-corrected chi connectivity index (χ1v) is 4.70. The summed E-state index contributed by atoms with van der Waals surface area (Å²) < 4.78 is 0. The van der Waals surface area contributed by atoms with Crippen LogP contribution >= 0.6 is 0 Å². The fourth-order valence-corrected chi connectivity index (χ4v) is 1.43. The van der Waals surface area contributed by atoms with Gasteiger partial charge in [0.15, 0.2) is 0 Å². The van der Waals surface area contributed by atoms with E-state index < -0.39 is 0 Å². The first kappa shape index (κ1) is 11.4. The van der Waals surface area contributed by atoms with Crippen molar-refractivity contribution in [2.45, 2.75) is 40.5 Å². The molecule has 2 atom stereocenters. The van der Waals surface area contributed by atoms with Crippen LogP contribution < -0.4 is 0 Å². The van der Waals surface area contributed by atoms with Gasteiger partial charge in [0.25, 0.3) is 0 Å². The van der Waals surface area contributed by atoms with Gasteiger partial charge in [0.2, 0.25) is 0 Å². The maximum absolute atomic E-state index is 10.5. The smallest absolute Gasteiger partial charge is 0.123 e. The summed E-state index contributed by atoms with van der Waals surface area (Å²) in [7, 11) is 0. The Bertz CT molecular complexity index is 154.